The van der Waals surface area contributed by atoms with Gasteiger partial charge in [0.2, 0.25) is 0 Å². The van der Waals surface area contributed by atoms with Gasteiger partial charge in [-0.1, -0.05) is 12.5 Å². The monoisotopic (exact) mass is 209 g/mol. The lowest BCUT2D eigenvalue weighted by molar-refractivity contribution is -0.123. The van der Waals surface area contributed by atoms with Crippen molar-refractivity contribution in [2.45, 2.75) is 44.9 Å². The second-order valence-electron chi connectivity index (χ2n) is 4.40. The quantitative estimate of drug-likeness (QED) is 0.516. The van der Waals surface area contributed by atoms with Crippen LogP contribution < -0.4 is 5.32 Å². The van der Waals surface area contributed by atoms with Gasteiger partial charge in [-0.3, -0.25) is 4.79 Å². The van der Waals surface area contributed by atoms with Crippen molar-refractivity contribution in [2.24, 2.45) is 5.92 Å². The van der Waals surface area contributed by atoms with Crippen LogP contribution >= 0.6 is 0 Å². The number of hydrogen-bond acceptors (Lipinski definition) is 2. The Balaban J connectivity index is 2.04. The van der Waals surface area contributed by atoms with Gasteiger partial charge in [0.25, 0.3) is 0 Å². The third kappa shape index (κ3) is 5.12. The molecule has 1 aliphatic rings. The first-order chi connectivity index (χ1) is 7.34. The Labute approximate surface area is 93.1 Å². The molecule has 0 bridgehead atoms. The summed E-state index contributed by atoms with van der Waals surface area (Å²) < 4.78 is 0. The summed E-state index contributed by atoms with van der Waals surface area (Å²) in [7, 11) is 0. The third-order valence-electron chi connectivity index (χ3n) is 3.08. The maximum atomic E-state index is 11.8. The van der Waals surface area contributed by atoms with E-state index in [2.05, 4.69) is 11.9 Å². The van der Waals surface area contributed by atoms with Crippen LogP contribution in [0.25, 0.3) is 0 Å². The standard InChI is InChI=1S/C13H23NO/c1-2-3-4-5-6-9-13(15)12-8-7-10-14-11-12/h2,12,14H,1,3-11H2. The Morgan fingerprint density at radius 3 is 2.93 bits per heavy atom. The van der Waals surface area contributed by atoms with Crippen molar-refractivity contribution in [3.63, 3.8) is 0 Å². The second kappa shape index (κ2) is 7.63. The Morgan fingerprint density at radius 1 is 1.40 bits per heavy atom. The van der Waals surface area contributed by atoms with E-state index in [9.17, 15) is 4.79 Å². The molecule has 0 aromatic carbocycles. The van der Waals surface area contributed by atoms with Gasteiger partial charge in [0.1, 0.15) is 5.78 Å². The van der Waals surface area contributed by atoms with Crippen LogP contribution in [-0.2, 0) is 4.79 Å². The van der Waals surface area contributed by atoms with Crippen molar-refractivity contribution >= 4 is 5.78 Å². The predicted molar refractivity (Wildman–Crippen MR) is 63.9 cm³/mol. The number of nitrogens with one attached hydrogen (secondary N) is 1. The van der Waals surface area contributed by atoms with Crippen LogP contribution in [0.3, 0.4) is 0 Å². The predicted octanol–water partition coefficient (Wildman–Crippen LogP) is 2.69. The first kappa shape index (κ1) is 12.4. The number of piperidine rings is 1. The first-order valence-corrected chi connectivity index (χ1v) is 6.19. The first-order valence-electron chi connectivity index (χ1n) is 6.19. The molecule has 0 amide bonds. The summed E-state index contributed by atoms with van der Waals surface area (Å²) in [5.74, 6) is 0.777. The molecule has 0 radical (unpaired) electrons. The molecular weight excluding hydrogens is 186 g/mol. The van der Waals surface area contributed by atoms with Crippen molar-refractivity contribution in [3.8, 4) is 0 Å². The molecule has 15 heavy (non-hydrogen) atoms. The fraction of sp³-hybridized carbons (Fsp3) is 0.769. The third-order valence-corrected chi connectivity index (χ3v) is 3.08. The van der Waals surface area contributed by atoms with Crippen LogP contribution in [0.15, 0.2) is 12.7 Å². The molecular formula is C13H23NO. The van der Waals surface area contributed by atoms with Gasteiger partial charge in [-0.05, 0) is 38.6 Å². The molecule has 0 saturated carbocycles. The molecule has 0 aliphatic carbocycles. The van der Waals surface area contributed by atoms with Crippen molar-refractivity contribution in [3.05, 3.63) is 12.7 Å². The zero-order chi connectivity index (χ0) is 10.9. The molecule has 1 fully saturated rings. The molecule has 1 atom stereocenters. The number of hydrogen-bond donors (Lipinski definition) is 1. The number of Topliss-reactive ketones (excluding diaryl/α,β-unsaturated/α-hetero) is 1. The summed E-state index contributed by atoms with van der Waals surface area (Å²) in [6.45, 7) is 5.69. The van der Waals surface area contributed by atoms with Gasteiger partial charge < -0.3 is 5.32 Å². The number of allylic oxidation sites excluding steroid dienone is 1. The van der Waals surface area contributed by atoms with Gasteiger partial charge in [0.05, 0.1) is 0 Å². The van der Waals surface area contributed by atoms with E-state index in [4.69, 9.17) is 0 Å². The van der Waals surface area contributed by atoms with Gasteiger partial charge in [0.15, 0.2) is 0 Å². The highest BCUT2D eigenvalue weighted by Gasteiger charge is 2.19. The Hall–Kier alpha value is -0.630. The fourth-order valence-corrected chi connectivity index (χ4v) is 2.10. The van der Waals surface area contributed by atoms with E-state index in [1.54, 1.807) is 0 Å². The minimum absolute atomic E-state index is 0.304. The molecule has 1 heterocycles. The minimum Gasteiger partial charge on any atom is -0.316 e. The highest BCUT2D eigenvalue weighted by atomic mass is 16.1. The SMILES string of the molecule is C=CCCCCCC(=O)C1CCCNC1. The second-order valence-corrected chi connectivity index (χ2v) is 4.40. The maximum absolute atomic E-state index is 11.8. The number of ketones is 1. The lowest BCUT2D eigenvalue weighted by atomic mass is 9.92. The number of carbonyl (C=O) groups is 1. The average Bonchev–Trinajstić information content (AvgIpc) is 2.30. The normalized spacial score (nSPS) is 21.2. The van der Waals surface area contributed by atoms with Gasteiger partial charge >= 0.3 is 0 Å². The summed E-state index contributed by atoms with van der Waals surface area (Å²) >= 11 is 0. The topological polar surface area (TPSA) is 29.1 Å². The Bertz CT molecular complexity index is 195. The van der Waals surface area contributed by atoms with Crippen LogP contribution in [0.4, 0.5) is 0 Å². The summed E-state index contributed by atoms with van der Waals surface area (Å²) in [5, 5.41) is 3.29. The molecule has 0 aromatic heterocycles. The molecule has 1 saturated heterocycles. The number of unbranched alkanes of at least 4 members (excludes halogenated alkanes) is 3. The van der Waals surface area contributed by atoms with Crippen LogP contribution in [-0.4, -0.2) is 18.9 Å². The van der Waals surface area contributed by atoms with Crippen LogP contribution in [0, 0.1) is 5.92 Å². The highest BCUT2D eigenvalue weighted by Crippen LogP contribution is 2.15. The zero-order valence-corrected chi connectivity index (χ0v) is 9.63. The van der Waals surface area contributed by atoms with E-state index >= 15 is 0 Å². The van der Waals surface area contributed by atoms with Crippen LogP contribution in [0.5, 0.6) is 0 Å². The molecule has 0 aromatic rings. The zero-order valence-electron chi connectivity index (χ0n) is 9.63. The lowest BCUT2D eigenvalue weighted by Gasteiger charge is -2.21. The van der Waals surface area contributed by atoms with Gasteiger partial charge in [-0.15, -0.1) is 6.58 Å². The molecule has 2 nitrogen and oxygen atoms in total. The molecule has 86 valence electrons. The van der Waals surface area contributed by atoms with Crippen molar-refractivity contribution in [2.75, 3.05) is 13.1 Å². The Morgan fingerprint density at radius 2 is 2.27 bits per heavy atom. The summed E-state index contributed by atoms with van der Waals surface area (Å²) in [4.78, 5) is 11.8. The molecule has 0 spiro atoms. The Kier molecular flexibility index (Phi) is 6.33. The van der Waals surface area contributed by atoms with Gasteiger partial charge in [-0.2, -0.15) is 0 Å². The number of carbonyl (C=O) groups excluding carboxylic acids is 1. The molecule has 1 N–H and O–H groups in total. The van der Waals surface area contributed by atoms with E-state index in [-0.39, 0.29) is 0 Å². The summed E-state index contributed by atoms with van der Waals surface area (Å²) in [5.41, 5.74) is 0. The van der Waals surface area contributed by atoms with E-state index in [0.717, 1.165) is 51.6 Å². The molecule has 1 aliphatic heterocycles. The van der Waals surface area contributed by atoms with Crippen LogP contribution in [0.1, 0.15) is 44.9 Å². The lowest BCUT2D eigenvalue weighted by Crippen LogP contribution is -2.34. The van der Waals surface area contributed by atoms with E-state index in [0.29, 0.717) is 11.7 Å². The van der Waals surface area contributed by atoms with Crippen LogP contribution in [0.2, 0.25) is 0 Å². The van der Waals surface area contributed by atoms with Crippen molar-refractivity contribution in [1.29, 1.82) is 0 Å². The molecule has 1 unspecified atom stereocenters. The molecule has 1 rings (SSSR count). The number of rotatable bonds is 7. The van der Waals surface area contributed by atoms with Crippen molar-refractivity contribution < 1.29 is 4.79 Å². The molecule has 2 heteroatoms. The minimum atomic E-state index is 0.304. The summed E-state index contributed by atoms with van der Waals surface area (Å²) in [6, 6.07) is 0. The highest BCUT2D eigenvalue weighted by molar-refractivity contribution is 5.81. The maximum Gasteiger partial charge on any atom is 0.137 e. The largest absolute Gasteiger partial charge is 0.316 e. The van der Waals surface area contributed by atoms with Gasteiger partial charge in [-0.25, -0.2) is 0 Å². The van der Waals surface area contributed by atoms with E-state index < -0.39 is 0 Å². The van der Waals surface area contributed by atoms with Crippen molar-refractivity contribution in [1.82, 2.24) is 5.32 Å². The smallest absolute Gasteiger partial charge is 0.137 e. The van der Waals surface area contributed by atoms with Gasteiger partial charge in [0, 0.05) is 18.9 Å². The average molecular weight is 209 g/mol. The summed E-state index contributed by atoms with van der Waals surface area (Å²) in [6.07, 6.45) is 9.47. The van der Waals surface area contributed by atoms with E-state index in [1.807, 2.05) is 6.08 Å². The van der Waals surface area contributed by atoms with E-state index in [1.165, 1.54) is 6.42 Å². The fourth-order valence-electron chi connectivity index (χ4n) is 2.10.